The molecule has 1 saturated carbocycles. The van der Waals surface area contributed by atoms with Crippen LogP contribution in [0.5, 0.6) is 11.5 Å². The summed E-state index contributed by atoms with van der Waals surface area (Å²) in [5.74, 6) is 2.93. The van der Waals surface area contributed by atoms with Gasteiger partial charge < -0.3 is 20.5 Å². The van der Waals surface area contributed by atoms with E-state index in [0.717, 1.165) is 42.5 Å². The van der Waals surface area contributed by atoms with Crippen LogP contribution >= 0.6 is 24.0 Å². The van der Waals surface area contributed by atoms with Crippen LogP contribution < -0.4 is 20.5 Å². The zero-order valence-corrected chi connectivity index (χ0v) is 17.2. The summed E-state index contributed by atoms with van der Waals surface area (Å²) in [4.78, 5) is 4.45. The molecule has 140 valence electrons. The maximum absolute atomic E-state index is 6.00. The SMILES string of the molecule is I.NC(=NCCCC1CCCCC1)Nc1ccc2c(c1)OCCCO2. The van der Waals surface area contributed by atoms with Crippen molar-refractivity contribution in [1.82, 2.24) is 0 Å². The van der Waals surface area contributed by atoms with Crippen LogP contribution in [0.2, 0.25) is 0 Å². The number of aliphatic imine (C=N–C) groups is 1. The van der Waals surface area contributed by atoms with Crippen LogP contribution in [0.25, 0.3) is 0 Å². The lowest BCUT2D eigenvalue weighted by atomic mass is 9.86. The van der Waals surface area contributed by atoms with E-state index in [1.54, 1.807) is 0 Å². The van der Waals surface area contributed by atoms with Crippen molar-refractivity contribution in [3.8, 4) is 11.5 Å². The van der Waals surface area contributed by atoms with Crippen molar-refractivity contribution in [2.45, 2.75) is 51.4 Å². The molecule has 0 spiro atoms. The zero-order valence-electron chi connectivity index (χ0n) is 14.8. The molecule has 3 N–H and O–H groups in total. The Balaban J connectivity index is 0.00000225. The van der Waals surface area contributed by atoms with E-state index in [4.69, 9.17) is 15.2 Å². The number of rotatable bonds is 5. The van der Waals surface area contributed by atoms with Crippen molar-refractivity contribution in [3.63, 3.8) is 0 Å². The molecule has 1 aliphatic heterocycles. The van der Waals surface area contributed by atoms with Crippen molar-refractivity contribution < 1.29 is 9.47 Å². The molecule has 2 aliphatic rings. The third-order valence-corrected chi connectivity index (χ3v) is 4.80. The van der Waals surface area contributed by atoms with Gasteiger partial charge in [0.15, 0.2) is 17.5 Å². The van der Waals surface area contributed by atoms with Gasteiger partial charge in [0.05, 0.1) is 13.2 Å². The van der Waals surface area contributed by atoms with Crippen molar-refractivity contribution in [1.29, 1.82) is 0 Å². The largest absolute Gasteiger partial charge is 0.490 e. The first-order valence-corrected chi connectivity index (χ1v) is 9.28. The minimum Gasteiger partial charge on any atom is -0.490 e. The highest BCUT2D eigenvalue weighted by atomic mass is 127. The maximum Gasteiger partial charge on any atom is 0.193 e. The fourth-order valence-corrected chi connectivity index (χ4v) is 3.48. The second-order valence-electron chi connectivity index (χ2n) is 6.75. The first kappa shape index (κ1) is 20.1. The quantitative estimate of drug-likeness (QED) is 0.293. The standard InChI is InChI=1S/C19H29N3O2.HI/c20-19(21-11-4-8-15-6-2-1-3-7-15)22-16-9-10-17-18(14-16)24-13-5-12-23-17;/h9-10,14-15H,1-8,11-13H2,(H3,20,21,22);1H. The van der Waals surface area contributed by atoms with Crippen LogP contribution in [0.15, 0.2) is 23.2 Å². The number of nitrogens with two attached hydrogens (primary N) is 1. The molecule has 0 amide bonds. The molecule has 0 radical (unpaired) electrons. The van der Waals surface area contributed by atoms with E-state index in [1.807, 2.05) is 18.2 Å². The van der Waals surface area contributed by atoms with Gasteiger partial charge in [0, 0.05) is 24.7 Å². The fourth-order valence-electron chi connectivity index (χ4n) is 3.48. The Labute approximate surface area is 167 Å². The number of guanidine groups is 1. The van der Waals surface area contributed by atoms with Gasteiger partial charge in [0.1, 0.15) is 0 Å². The first-order valence-electron chi connectivity index (χ1n) is 9.28. The van der Waals surface area contributed by atoms with Crippen molar-refractivity contribution in [3.05, 3.63) is 18.2 Å². The second-order valence-corrected chi connectivity index (χ2v) is 6.75. The Morgan fingerprint density at radius 1 is 1.08 bits per heavy atom. The molecule has 6 heteroatoms. The van der Waals surface area contributed by atoms with Gasteiger partial charge in [-0.3, -0.25) is 4.99 Å². The summed E-state index contributed by atoms with van der Waals surface area (Å²) < 4.78 is 11.3. The molecular weight excluding hydrogens is 429 g/mol. The molecule has 0 unspecified atom stereocenters. The van der Waals surface area contributed by atoms with Crippen LogP contribution in [0.4, 0.5) is 5.69 Å². The van der Waals surface area contributed by atoms with Gasteiger partial charge in [-0.2, -0.15) is 0 Å². The summed E-state index contributed by atoms with van der Waals surface area (Å²) in [6, 6.07) is 5.78. The Morgan fingerprint density at radius 2 is 1.84 bits per heavy atom. The van der Waals surface area contributed by atoms with E-state index in [9.17, 15) is 0 Å². The van der Waals surface area contributed by atoms with Crippen LogP contribution in [0, 0.1) is 5.92 Å². The minimum atomic E-state index is 0. The molecule has 0 bridgehead atoms. The number of benzene rings is 1. The number of nitrogens with one attached hydrogen (secondary N) is 1. The minimum absolute atomic E-state index is 0. The van der Waals surface area contributed by atoms with Crippen molar-refractivity contribution in [2.75, 3.05) is 25.1 Å². The molecule has 0 atom stereocenters. The fraction of sp³-hybridized carbons (Fsp3) is 0.632. The molecule has 1 aromatic rings. The van der Waals surface area contributed by atoms with E-state index < -0.39 is 0 Å². The lowest BCUT2D eigenvalue weighted by Crippen LogP contribution is -2.23. The molecule has 1 aromatic carbocycles. The highest BCUT2D eigenvalue weighted by Crippen LogP contribution is 2.32. The van der Waals surface area contributed by atoms with E-state index in [-0.39, 0.29) is 24.0 Å². The van der Waals surface area contributed by atoms with Gasteiger partial charge in [-0.25, -0.2) is 0 Å². The van der Waals surface area contributed by atoms with Crippen LogP contribution in [-0.4, -0.2) is 25.7 Å². The third-order valence-electron chi connectivity index (χ3n) is 4.80. The smallest absolute Gasteiger partial charge is 0.193 e. The highest BCUT2D eigenvalue weighted by Gasteiger charge is 2.13. The molecule has 1 heterocycles. The molecule has 0 saturated heterocycles. The van der Waals surface area contributed by atoms with Gasteiger partial charge >= 0.3 is 0 Å². The molecule has 1 aliphatic carbocycles. The van der Waals surface area contributed by atoms with Crippen LogP contribution in [0.3, 0.4) is 0 Å². The van der Waals surface area contributed by atoms with Crippen molar-refractivity contribution >= 4 is 35.6 Å². The highest BCUT2D eigenvalue weighted by molar-refractivity contribution is 14.0. The second kappa shape index (κ2) is 10.7. The number of hydrogen-bond donors (Lipinski definition) is 2. The maximum atomic E-state index is 6.00. The Bertz CT molecular complexity index is 560. The van der Waals surface area contributed by atoms with E-state index in [2.05, 4.69) is 10.3 Å². The number of ether oxygens (including phenoxy) is 2. The van der Waals surface area contributed by atoms with E-state index in [1.165, 1.54) is 38.5 Å². The molecule has 25 heavy (non-hydrogen) atoms. The van der Waals surface area contributed by atoms with Gasteiger partial charge in [0.2, 0.25) is 0 Å². The van der Waals surface area contributed by atoms with E-state index in [0.29, 0.717) is 19.2 Å². The lowest BCUT2D eigenvalue weighted by Gasteiger charge is -2.20. The molecule has 0 aromatic heterocycles. The summed E-state index contributed by atoms with van der Waals surface area (Å²) in [5, 5.41) is 3.14. The summed E-state index contributed by atoms with van der Waals surface area (Å²) >= 11 is 0. The van der Waals surface area contributed by atoms with Gasteiger partial charge in [-0.1, -0.05) is 32.1 Å². The molecular formula is C19H30IN3O2. The summed E-state index contributed by atoms with van der Waals surface area (Å²) in [5.41, 5.74) is 6.88. The third kappa shape index (κ3) is 6.56. The number of hydrogen-bond acceptors (Lipinski definition) is 3. The van der Waals surface area contributed by atoms with Gasteiger partial charge in [0.25, 0.3) is 0 Å². The number of nitrogens with zero attached hydrogens (tertiary/aromatic N) is 1. The average Bonchev–Trinajstić information content (AvgIpc) is 2.84. The topological polar surface area (TPSA) is 68.9 Å². The van der Waals surface area contributed by atoms with Crippen LogP contribution in [0.1, 0.15) is 51.4 Å². The van der Waals surface area contributed by atoms with Crippen molar-refractivity contribution in [2.24, 2.45) is 16.6 Å². The molecule has 5 nitrogen and oxygen atoms in total. The normalized spacial score (nSPS) is 18.2. The van der Waals surface area contributed by atoms with Gasteiger partial charge in [-0.05, 0) is 30.9 Å². The monoisotopic (exact) mass is 459 g/mol. The number of fused-ring (bicyclic) bond motifs is 1. The lowest BCUT2D eigenvalue weighted by molar-refractivity contribution is 0.297. The first-order chi connectivity index (χ1) is 11.8. The van der Waals surface area contributed by atoms with Gasteiger partial charge in [-0.15, -0.1) is 24.0 Å². The molecule has 1 fully saturated rings. The predicted octanol–water partition coefficient (Wildman–Crippen LogP) is 4.55. The zero-order chi connectivity index (χ0) is 16.6. The number of anilines is 1. The Morgan fingerprint density at radius 3 is 2.64 bits per heavy atom. The molecule has 3 rings (SSSR count). The summed E-state index contributed by atoms with van der Waals surface area (Å²) in [6.45, 7) is 2.17. The summed E-state index contributed by atoms with van der Waals surface area (Å²) in [7, 11) is 0. The Hall–Kier alpha value is -1.18. The average molecular weight is 459 g/mol. The van der Waals surface area contributed by atoms with E-state index >= 15 is 0 Å². The van der Waals surface area contributed by atoms with Crippen LogP contribution in [-0.2, 0) is 0 Å². The number of halogens is 1. The Kier molecular flexibility index (Phi) is 8.64. The summed E-state index contributed by atoms with van der Waals surface area (Å²) in [6.07, 6.45) is 10.3. The predicted molar refractivity (Wildman–Crippen MR) is 113 cm³/mol.